The minimum atomic E-state index is 0.636. The number of nitrogens with zero attached hydrogens (tertiary/aromatic N) is 2. The van der Waals surface area contributed by atoms with Crippen molar-refractivity contribution in [2.45, 2.75) is 33.1 Å². The van der Waals surface area contributed by atoms with Gasteiger partial charge in [-0.25, -0.2) is 4.98 Å². The topological polar surface area (TPSA) is 63.8 Å². The number of hydrogen-bond donors (Lipinski definition) is 2. The van der Waals surface area contributed by atoms with Gasteiger partial charge in [0.2, 0.25) is 0 Å². The summed E-state index contributed by atoms with van der Waals surface area (Å²) >= 11 is 0. The van der Waals surface area contributed by atoms with Crippen LogP contribution in [0.25, 0.3) is 0 Å². The summed E-state index contributed by atoms with van der Waals surface area (Å²) in [5.74, 6) is 1.53. The van der Waals surface area contributed by atoms with Crippen LogP contribution >= 0.6 is 0 Å². The van der Waals surface area contributed by atoms with Gasteiger partial charge < -0.3 is 11.1 Å². The van der Waals surface area contributed by atoms with Crippen LogP contribution in [0.5, 0.6) is 0 Å². The van der Waals surface area contributed by atoms with Crippen molar-refractivity contribution in [1.82, 2.24) is 9.97 Å². The Morgan fingerprint density at radius 2 is 2.06 bits per heavy atom. The molecule has 0 aliphatic carbocycles. The summed E-state index contributed by atoms with van der Waals surface area (Å²) in [5, 5.41) is 3.35. The zero-order valence-electron chi connectivity index (χ0n) is 10.2. The van der Waals surface area contributed by atoms with E-state index in [-0.39, 0.29) is 0 Å². The van der Waals surface area contributed by atoms with Crippen LogP contribution in [0.15, 0.2) is 12.4 Å². The predicted molar refractivity (Wildman–Crippen MR) is 67.3 cm³/mol. The first-order valence-electron chi connectivity index (χ1n) is 5.99. The van der Waals surface area contributed by atoms with Crippen LogP contribution in [0.1, 0.15) is 31.9 Å². The van der Waals surface area contributed by atoms with E-state index >= 15 is 0 Å². The van der Waals surface area contributed by atoms with Gasteiger partial charge in [-0.05, 0) is 32.2 Å². The lowest BCUT2D eigenvalue weighted by atomic mass is 10.00. The van der Waals surface area contributed by atoms with Crippen molar-refractivity contribution >= 4 is 5.82 Å². The first kappa shape index (κ1) is 12.9. The van der Waals surface area contributed by atoms with E-state index in [0.717, 1.165) is 31.0 Å². The van der Waals surface area contributed by atoms with Crippen LogP contribution in [0.2, 0.25) is 0 Å². The maximum Gasteiger partial charge on any atom is 0.147 e. The summed E-state index contributed by atoms with van der Waals surface area (Å²) in [6.45, 7) is 5.86. The Labute approximate surface area is 97.7 Å². The van der Waals surface area contributed by atoms with Crippen LogP contribution in [-0.4, -0.2) is 23.1 Å². The molecule has 0 radical (unpaired) electrons. The fourth-order valence-electron chi connectivity index (χ4n) is 1.81. The second kappa shape index (κ2) is 7.17. The molecular weight excluding hydrogens is 200 g/mol. The molecule has 0 fully saturated rings. The zero-order chi connectivity index (χ0) is 11.8. The summed E-state index contributed by atoms with van der Waals surface area (Å²) in [6.07, 6.45) is 6.91. The molecule has 1 atom stereocenters. The van der Waals surface area contributed by atoms with Crippen molar-refractivity contribution in [1.29, 1.82) is 0 Å². The van der Waals surface area contributed by atoms with Gasteiger partial charge in [-0.1, -0.05) is 13.3 Å². The number of nitrogens with two attached hydrogens (primary N) is 1. The van der Waals surface area contributed by atoms with Gasteiger partial charge in [-0.2, -0.15) is 0 Å². The Balaban J connectivity index is 2.45. The van der Waals surface area contributed by atoms with Gasteiger partial charge >= 0.3 is 0 Å². The highest BCUT2D eigenvalue weighted by Crippen LogP contribution is 2.13. The van der Waals surface area contributed by atoms with Gasteiger partial charge in [0.15, 0.2) is 0 Å². The Morgan fingerprint density at radius 3 is 2.69 bits per heavy atom. The van der Waals surface area contributed by atoms with Gasteiger partial charge in [0, 0.05) is 18.9 Å². The summed E-state index contributed by atoms with van der Waals surface area (Å²) in [7, 11) is 0. The highest BCUT2D eigenvalue weighted by Gasteiger charge is 2.07. The van der Waals surface area contributed by atoms with E-state index in [1.54, 1.807) is 12.4 Å². The largest absolute Gasteiger partial charge is 0.368 e. The molecule has 0 aliphatic heterocycles. The van der Waals surface area contributed by atoms with Crippen molar-refractivity contribution in [2.24, 2.45) is 11.7 Å². The molecule has 3 N–H and O–H groups in total. The third kappa shape index (κ3) is 4.14. The third-order valence-electron chi connectivity index (χ3n) is 2.71. The molecule has 1 aromatic heterocycles. The van der Waals surface area contributed by atoms with Crippen molar-refractivity contribution in [3.05, 3.63) is 18.1 Å². The number of nitrogens with one attached hydrogen (secondary N) is 1. The van der Waals surface area contributed by atoms with E-state index in [9.17, 15) is 0 Å². The molecule has 16 heavy (non-hydrogen) atoms. The van der Waals surface area contributed by atoms with Crippen molar-refractivity contribution in [3.63, 3.8) is 0 Å². The lowest BCUT2D eigenvalue weighted by molar-refractivity contribution is 0.472. The quantitative estimate of drug-likeness (QED) is 0.740. The van der Waals surface area contributed by atoms with Crippen LogP contribution < -0.4 is 11.1 Å². The van der Waals surface area contributed by atoms with E-state index in [2.05, 4.69) is 22.2 Å². The molecule has 0 saturated heterocycles. The molecule has 0 saturated carbocycles. The summed E-state index contributed by atoms with van der Waals surface area (Å²) in [4.78, 5) is 8.46. The summed E-state index contributed by atoms with van der Waals surface area (Å²) in [5.41, 5.74) is 6.55. The average molecular weight is 222 g/mol. The van der Waals surface area contributed by atoms with Gasteiger partial charge in [0.25, 0.3) is 0 Å². The van der Waals surface area contributed by atoms with Gasteiger partial charge in [0.1, 0.15) is 5.82 Å². The molecule has 0 aliphatic rings. The molecule has 4 nitrogen and oxygen atoms in total. The normalized spacial score (nSPS) is 12.4. The predicted octanol–water partition coefficient (Wildman–Crippen LogP) is 1.96. The maximum atomic E-state index is 5.60. The van der Waals surface area contributed by atoms with Crippen molar-refractivity contribution < 1.29 is 0 Å². The lowest BCUT2D eigenvalue weighted by Gasteiger charge is -2.16. The molecular formula is C12H22N4. The van der Waals surface area contributed by atoms with E-state index in [1.807, 2.05) is 6.92 Å². The van der Waals surface area contributed by atoms with Gasteiger partial charge in [0.05, 0.1) is 5.69 Å². The average Bonchev–Trinajstić information content (AvgIpc) is 2.28. The smallest absolute Gasteiger partial charge is 0.147 e. The Hall–Kier alpha value is -1.16. The monoisotopic (exact) mass is 222 g/mol. The molecule has 1 aromatic rings. The highest BCUT2D eigenvalue weighted by molar-refractivity contribution is 5.38. The first-order chi connectivity index (χ1) is 7.77. The second-order valence-corrected chi connectivity index (χ2v) is 4.10. The molecule has 0 amide bonds. The van der Waals surface area contributed by atoms with Crippen LogP contribution in [0.4, 0.5) is 5.82 Å². The number of rotatable bonds is 7. The molecule has 1 rings (SSSR count). The second-order valence-electron chi connectivity index (χ2n) is 4.10. The van der Waals surface area contributed by atoms with Crippen molar-refractivity contribution in [2.75, 3.05) is 18.4 Å². The first-order valence-corrected chi connectivity index (χ1v) is 5.99. The molecule has 90 valence electrons. The number of hydrogen-bond acceptors (Lipinski definition) is 4. The van der Waals surface area contributed by atoms with Crippen LogP contribution in [0, 0.1) is 12.8 Å². The number of anilines is 1. The summed E-state index contributed by atoms with van der Waals surface area (Å²) < 4.78 is 0. The van der Waals surface area contributed by atoms with E-state index in [0.29, 0.717) is 5.92 Å². The standard InChI is InChI=1S/C12H22N4/c1-3-4-11(5-6-13)9-16-12-10(2)14-7-8-15-12/h7-8,11H,3-6,9,13H2,1-2H3,(H,15,16). The third-order valence-corrected chi connectivity index (χ3v) is 2.71. The van der Waals surface area contributed by atoms with Gasteiger partial charge in [-0.3, -0.25) is 4.98 Å². The minimum Gasteiger partial charge on any atom is -0.368 e. The minimum absolute atomic E-state index is 0.636. The Kier molecular flexibility index (Phi) is 5.78. The molecule has 0 aromatic carbocycles. The van der Waals surface area contributed by atoms with Gasteiger partial charge in [-0.15, -0.1) is 0 Å². The zero-order valence-corrected chi connectivity index (χ0v) is 10.2. The number of aromatic nitrogens is 2. The van der Waals surface area contributed by atoms with Crippen LogP contribution in [0.3, 0.4) is 0 Å². The Morgan fingerprint density at radius 1 is 1.31 bits per heavy atom. The summed E-state index contributed by atoms with van der Waals surface area (Å²) in [6, 6.07) is 0. The Bertz CT molecular complexity index is 295. The van der Waals surface area contributed by atoms with E-state index < -0.39 is 0 Å². The van der Waals surface area contributed by atoms with Crippen molar-refractivity contribution in [3.8, 4) is 0 Å². The molecule has 1 unspecified atom stereocenters. The molecule has 1 heterocycles. The number of aryl methyl sites for hydroxylation is 1. The molecule has 0 spiro atoms. The molecule has 4 heteroatoms. The SMILES string of the molecule is CCCC(CCN)CNc1nccnc1C. The van der Waals surface area contributed by atoms with Crippen LogP contribution in [-0.2, 0) is 0 Å². The maximum absolute atomic E-state index is 5.60. The lowest BCUT2D eigenvalue weighted by Crippen LogP contribution is -2.19. The molecule has 0 bridgehead atoms. The van der Waals surface area contributed by atoms with E-state index in [4.69, 9.17) is 5.73 Å². The fourth-order valence-corrected chi connectivity index (χ4v) is 1.81. The highest BCUT2D eigenvalue weighted by atomic mass is 15.0. The fraction of sp³-hybridized carbons (Fsp3) is 0.667. The van der Waals surface area contributed by atoms with E-state index in [1.165, 1.54) is 12.8 Å².